The van der Waals surface area contributed by atoms with Crippen molar-refractivity contribution in [3.63, 3.8) is 0 Å². The van der Waals surface area contributed by atoms with Crippen LogP contribution >= 0.6 is 11.8 Å². The van der Waals surface area contributed by atoms with Crippen molar-refractivity contribution in [1.29, 1.82) is 0 Å². The number of thioether (sulfide) groups is 1. The summed E-state index contributed by atoms with van der Waals surface area (Å²) in [5.41, 5.74) is 0. The molecule has 2 heterocycles. The minimum atomic E-state index is -0.0786. The highest BCUT2D eigenvalue weighted by molar-refractivity contribution is 8.00. The quantitative estimate of drug-likeness (QED) is 0.800. The number of likely N-dealkylation sites (tertiary alicyclic amines) is 1. The molecule has 2 fully saturated rings. The molecule has 1 atom stereocenters. The number of rotatable bonds is 4. The first-order valence-corrected chi connectivity index (χ1v) is 8.38. The van der Waals surface area contributed by atoms with Gasteiger partial charge in [-0.2, -0.15) is 0 Å². The van der Waals surface area contributed by atoms with Gasteiger partial charge in [-0.05, 0) is 38.5 Å². The lowest BCUT2D eigenvalue weighted by molar-refractivity contribution is -0.131. The van der Waals surface area contributed by atoms with Crippen LogP contribution in [0.5, 0.6) is 0 Å². The summed E-state index contributed by atoms with van der Waals surface area (Å²) in [5.74, 6) is 0.993. The van der Waals surface area contributed by atoms with Gasteiger partial charge in [0.05, 0.1) is 5.25 Å². The number of hydrogen-bond donors (Lipinski definition) is 0. The van der Waals surface area contributed by atoms with E-state index in [9.17, 15) is 4.79 Å². The maximum absolute atomic E-state index is 12.5. The van der Waals surface area contributed by atoms with Crippen LogP contribution in [0.4, 0.5) is 0 Å². The molecule has 110 valence electrons. The number of nitrogens with zero attached hydrogens (tertiary/aromatic N) is 4. The normalized spacial score (nSPS) is 22.0. The average Bonchev–Trinajstić information content (AvgIpc) is 3.19. The molecule has 1 aromatic heterocycles. The second kappa shape index (κ2) is 5.76. The van der Waals surface area contributed by atoms with Crippen molar-refractivity contribution in [2.24, 2.45) is 5.92 Å². The Kier molecular flexibility index (Phi) is 4.01. The van der Waals surface area contributed by atoms with E-state index < -0.39 is 0 Å². The smallest absolute Gasteiger partial charge is 0.235 e. The third kappa shape index (κ3) is 3.00. The summed E-state index contributed by atoms with van der Waals surface area (Å²) in [4.78, 5) is 14.5. The molecule has 6 heteroatoms. The third-order valence-electron chi connectivity index (χ3n) is 4.21. The molecule has 1 amide bonds. The number of amides is 1. The minimum absolute atomic E-state index is 0.0786. The Morgan fingerprint density at radius 3 is 2.70 bits per heavy atom. The third-order valence-corrected chi connectivity index (χ3v) is 5.26. The van der Waals surface area contributed by atoms with E-state index in [-0.39, 0.29) is 11.2 Å². The Hall–Kier alpha value is -1.04. The summed E-state index contributed by atoms with van der Waals surface area (Å²) in [6.07, 6.45) is 6.46. The largest absolute Gasteiger partial charge is 0.342 e. The van der Waals surface area contributed by atoms with Crippen molar-refractivity contribution >= 4 is 17.7 Å². The van der Waals surface area contributed by atoms with Crippen LogP contribution in [-0.4, -0.2) is 43.9 Å². The lowest BCUT2D eigenvalue weighted by atomic mass is 9.99. The summed E-state index contributed by atoms with van der Waals surface area (Å²) in [5, 5.41) is 8.96. The Labute approximate surface area is 124 Å². The number of aromatic nitrogens is 3. The zero-order valence-electron chi connectivity index (χ0n) is 12.2. The topological polar surface area (TPSA) is 51.0 Å². The maximum atomic E-state index is 12.5. The predicted octanol–water partition coefficient (Wildman–Crippen LogP) is 2.35. The van der Waals surface area contributed by atoms with Gasteiger partial charge in [-0.3, -0.25) is 4.79 Å². The van der Waals surface area contributed by atoms with Gasteiger partial charge in [0, 0.05) is 19.1 Å². The molecule has 0 N–H and O–H groups in total. The van der Waals surface area contributed by atoms with Gasteiger partial charge in [-0.1, -0.05) is 18.7 Å². The molecular weight excluding hydrogens is 272 g/mol. The van der Waals surface area contributed by atoms with Gasteiger partial charge in [0.2, 0.25) is 5.91 Å². The summed E-state index contributed by atoms with van der Waals surface area (Å²) in [6.45, 7) is 6.05. The lowest BCUT2D eigenvalue weighted by Crippen LogP contribution is -2.41. The van der Waals surface area contributed by atoms with E-state index in [0.29, 0.717) is 6.04 Å². The number of carbonyl (C=O) groups excluding carboxylic acids is 1. The predicted molar refractivity (Wildman–Crippen MR) is 78.6 cm³/mol. The number of piperidine rings is 1. The van der Waals surface area contributed by atoms with Gasteiger partial charge >= 0.3 is 0 Å². The molecule has 0 spiro atoms. The molecule has 1 aliphatic carbocycles. The van der Waals surface area contributed by atoms with Crippen molar-refractivity contribution < 1.29 is 4.79 Å². The fourth-order valence-electron chi connectivity index (χ4n) is 2.61. The second-order valence-corrected chi connectivity index (χ2v) is 7.33. The van der Waals surface area contributed by atoms with E-state index in [2.05, 4.69) is 21.7 Å². The van der Waals surface area contributed by atoms with Crippen molar-refractivity contribution in [2.45, 2.75) is 56.0 Å². The van der Waals surface area contributed by atoms with Crippen molar-refractivity contribution in [2.75, 3.05) is 13.1 Å². The molecule has 3 rings (SSSR count). The van der Waals surface area contributed by atoms with Gasteiger partial charge in [-0.25, -0.2) is 0 Å². The highest BCUT2D eigenvalue weighted by Crippen LogP contribution is 2.38. The van der Waals surface area contributed by atoms with Gasteiger partial charge in [0.25, 0.3) is 0 Å². The molecule has 1 aliphatic heterocycles. The number of carbonyl (C=O) groups is 1. The molecule has 1 saturated carbocycles. The van der Waals surface area contributed by atoms with E-state index >= 15 is 0 Å². The highest BCUT2D eigenvalue weighted by Gasteiger charge is 2.29. The molecule has 0 bridgehead atoms. The van der Waals surface area contributed by atoms with E-state index in [1.807, 2.05) is 11.8 Å². The molecule has 1 saturated heterocycles. The zero-order chi connectivity index (χ0) is 14.1. The first kappa shape index (κ1) is 13.9. The van der Waals surface area contributed by atoms with Gasteiger partial charge in [0.15, 0.2) is 5.16 Å². The minimum Gasteiger partial charge on any atom is -0.342 e. The summed E-state index contributed by atoms with van der Waals surface area (Å²) >= 11 is 1.55. The van der Waals surface area contributed by atoms with Crippen molar-refractivity contribution in [1.82, 2.24) is 19.7 Å². The van der Waals surface area contributed by atoms with Crippen LogP contribution in [0.1, 0.15) is 45.6 Å². The first-order chi connectivity index (χ1) is 9.65. The first-order valence-electron chi connectivity index (χ1n) is 7.50. The van der Waals surface area contributed by atoms with Crippen LogP contribution in [0.15, 0.2) is 11.5 Å². The van der Waals surface area contributed by atoms with Crippen LogP contribution in [-0.2, 0) is 4.79 Å². The fourth-order valence-corrected chi connectivity index (χ4v) is 3.59. The summed E-state index contributed by atoms with van der Waals surface area (Å²) in [7, 11) is 0. The second-order valence-electron chi connectivity index (χ2n) is 6.02. The molecule has 2 aliphatic rings. The molecule has 0 aromatic carbocycles. The average molecular weight is 294 g/mol. The van der Waals surface area contributed by atoms with E-state index in [1.54, 1.807) is 18.1 Å². The van der Waals surface area contributed by atoms with Crippen LogP contribution in [0.25, 0.3) is 0 Å². The van der Waals surface area contributed by atoms with Crippen molar-refractivity contribution in [3.8, 4) is 0 Å². The summed E-state index contributed by atoms with van der Waals surface area (Å²) in [6, 6.07) is 0.561. The highest BCUT2D eigenvalue weighted by atomic mass is 32.2. The molecule has 20 heavy (non-hydrogen) atoms. The lowest BCUT2D eigenvalue weighted by Gasteiger charge is -2.31. The van der Waals surface area contributed by atoms with Gasteiger partial charge in [0.1, 0.15) is 6.33 Å². The van der Waals surface area contributed by atoms with Crippen LogP contribution in [0.3, 0.4) is 0 Å². The van der Waals surface area contributed by atoms with Gasteiger partial charge < -0.3 is 9.47 Å². The van der Waals surface area contributed by atoms with Crippen LogP contribution in [0.2, 0.25) is 0 Å². The Bertz CT molecular complexity index is 477. The summed E-state index contributed by atoms with van der Waals surface area (Å²) < 4.78 is 2.12. The Morgan fingerprint density at radius 1 is 1.35 bits per heavy atom. The Morgan fingerprint density at radius 2 is 2.05 bits per heavy atom. The SMILES string of the molecule is CC1CCN(C(=O)C(C)Sc2nncn2C2CC2)CC1. The van der Waals surface area contributed by atoms with E-state index in [1.165, 1.54) is 12.8 Å². The Balaban J connectivity index is 1.59. The molecule has 1 unspecified atom stereocenters. The zero-order valence-corrected chi connectivity index (χ0v) is 13.0. The van der Waals surface area contributed by atoms with Crippen LogP contribution in [0, 0.1) is 5.92 Å². The van der Waals surface area contributed by atoms with Gasteiger partial charge in [-0.15, -0.1) is 10.2 Å². The maximum Gasteiger partial charge on any atom is 0.235 e. The van der Waals surface area contributed by atoms with E-state index in [0.717, 1.165) is 37.0 Å². The monoisotopic (exact) mass is 294 g/mol. The number of hydrogen-bond acceptors (Lipinski definition) is 4. The van der Waals surface area contributed by atoms with Crippen molar-refractivity contribution in [3.05, 3.63) is 6.33 Å². The van der Waals surface area contributed by atoms with Crippen LogP contribution < -0.4 is 0 Å². The molecular formula is C14H22N4OS. The molecule has 0 radical (unpaired) electrons. The van der Waals surface area contributed by atoms with E-state index in [4.69, 9.17) is 0 Å². The standard InChI is InChI=1S/C14H22N4OS/c1-10-5-7-17(8-6-10)13(19)11(2)20-14-16-15-9-18(14)12-3-4-12/h9-12H,3-8H2,1-2H3. The fraction of sp³-hybridized carbons (Fsp3) is 0.786. The molecule has 5 nitrogen and oxygen atoms in total. The molecule has 1 aromatic rings.